The predicted octanol–water partition coefficient (Wildman–Crippen LogP) is 2.91. The Kier molecular flexibility index (Phi) is 5.77. The summed E-state index contributed by atoms with van der Waals surface area (Å²) in [6.07, 6.45) is 8.23. The minimum Gasteiger partial charge on any atom is -0.394 e. The predicted molar refractivity (Wildman–Crippen MR) is 93.2 cm³/mol. The van der Waals surface area contributed by atoms with Gasteiger partial charge in [0.2, 0.25) is 0 Å². The Bertz CT molecular complexity index is 658. The van der Waals surface area contributed by atoms with Crippen LogP contribution in [0.4, 0.5) is 4.39 Å². The van der Waals surface area contributed by atoms with Crippen LogP contribution in [0.3, 0.4) is 0 Å². The Labute approximate surface area is 142 Å². The maximum atomic E-state index is 12.9. The number of likely N-dealkylation sites (tertiary alicyclic amines) is 1. The molecule has 0 radical (unpaired) electrons. The number of aliphatic hydroxyl groups is 1. The van der Waals surface area contributed by atoms with Gasteiger partial charge < -0.3 is 5.11 Å². The standard InChI is InChI=1S/C19H24FN3O/c20-18-5-3-16(4-6-18)2-1-11-22-12-8-17(9-13-22)19-7-10-21-23(19)14-15-24/h1-7,10,17,24H,8-9,11-15H2. The summed E-state index contributed by atoms with van der Waals surface area (Å²) in [7, 11) is 0. The highest BCUT2D eigenvalue weighted by atomic mass is 19.1. The molecule has 1 fully saturated rings. The minimum atomic E-state index is -0.199. The van der Waals surface area contributed by atoms with Gasteiger partial charge in [0.05, 0.1) is 13.2 Å². The molecule has 1 N–H and O–H groups in total. The van der Waals surface area contributed by atoms with E-state index in [9.17, 15) is 4.39 Å². The number of aromatic nitrogens is 2. The van der Waals surface area contributed by atoms with Gasteiger partial charge in [0.25, 0.3) is 0 Å². The van der Waals surface area contributed by atoms with Crippen LogP contribution in [-0.4, -0.2) is 46.0 Å². The first-order valence-electron chi connectivity index (χ1n) is 8.53. The molecule has 5 heteroatoms. The lowest BCUT2D eigenvalue weighted by molar-refractivity contribution is 0.223. The molecule has 2 aromatic rings. The smallest absolute Gasteiger partial charge is 0.123 e. The summed E-state index contributed by atoms with van der Waals surface area (Å²) in [5.41, 5.74) is 2.27. The Morgan fingerprint density at radius 1 is 1.17 bits per heavy atom. The molecule has 0 spiro atoms. The van der Waals surface area contributed by atoms with E-state index in [0.29, 0.717) is 12.5 Å². The summed E-state index contributed by atoms with van der Waals surface area (Å²) in [6, 6.07) is 8.63. The quantitative estimate of drug-likeness (QED) is 0.886. The van der Waals surface area contributed by atoms with Crippen LogP contribution in [0, 0.1) is 5.82 Å². The van der Waals surface area contributed by atoms with E-state index in [4.69, 9.17) is 5.11 Å². The third-order valence-electron chi connectivity index (χ3n) is 4.61. The fraction of sp³-hybridized carbons (Fsp3) is 0.421. The number of hydrogen-bond acceptors (Lipinski definition) is 3. The zero-order chi connectivity index (χ0) is 16.8. The molecular weight excluding hydrogens is 305 g/mol. The van der Waals surface area contributed by atoms with Crippen LogP contribution in [-0.2, 0) is 6.54 Å². The molecule has 1 aliphatic rings. The molecule has 1 aromatic carbocycles. The van der Waals surface area contributed by atoms with Gasteiger partial charge in [-0.05, 0) is 49.7 Å². The molecule has 1 saturated heterocycles. The average Bonchev–Trinajstić information content (AvgIpc) is 3.06. The molecular formula is C19H24FN3O. The molecule has 128 valence electrons. The molecule has 3 rings (SSSR count). The molecule has 0 aliphatic carbocycles. The summed E-state index contributed by atoms with van der Waals surface area (Å²) in [5.74, 6) is 0.325. The van der Waals surface area contributed by atoms with E-state index < -0.39 is 0 Å². The number of aliphatic hydroxyl groups excluding tert-OH is 1. The number of nitrogens with zero attached hydrogens (tertiary/aromatic N) is 3. The van der Waals surface area contributed by atoms with E-state index >= 15 is 0 Å². The molecule has 0 unspecified atom stereocenters. The topological polar surface area (TPSA) is 41.3 Å². The number of halogens is 1. The van der Waals surface area contributed by atoms with Crippen molar-refractivity contribution < 1.29 is 9.50 Å². The largest absolute Gasteiger partial charge is 0.394 e. The van der Waals surface area contributed by atoms with Crippen molar-refractivity contribution in [1.29, 1.82) is 0 Å². The molecule has 2 heterocycles. The van der Waals surface area contributed by atoms with Crippen molar-refractivity contribution in [2.24, 2.45) is 0 Å². The second-order valence-corrected chi connectivity index (χ2v) is 6.23. The normalized spacial score (nSPS) is 16.9. The number of benzene rings is 1. The van der Waals surface area contributed by atoms with Gasteiger partial charge in [-0.1, -0.05) is 24.3 Å². The number of piperidine rings is 1. The first-order valence-corrected chi connectivity index (χ1v) is 8.53. The summed E-state index contributed by atoms with van der Waals surface area (Å²) < 4.78 is 14.8. The average molecular weight is 329 g/mol. The number of rotatable bonds is 6. The van der Waals surface area contributed by atoms with Crippen LogP contribution in [0.2, 0.25) is 0 Å². The lowest BCUT2D eigenvalue weighted by Crippen LogP contribution is -2.33. The second-order valence-electron chi connectivity index (χ2n) is 6.23. The van der Waals surface area contributed by atoms with Crippen molar-refractivity contribution in [2.75, 3.05) is 26.2 Å². The Hall–Kier alpha value is -1.98. The molecule has 1 aromatic heterocycles. The number of hydrogen-bond donors (Lipinski definition) is 1. The van der Waals surface area contributed by atoms with E-state index in [1.165, 1.54) is 17.8 Å². The first-order chi connectivity index (χ1) is 11.8. The molecule has 0 atom stereocenters. The van der Waals surface area contributed by atoms with Crippen molar-refractivity contribution in [3.05, 3.63) is 59.7 Å². The fourth-order valence-corrected chi connectivity index (χ4v) is 3.29. The van der Waals surface area contributed by atoms with Crippen molar-refractivity contribution in [3.8, 4) is 0 Å². The highest BCUT2D eigenvalue weighted by Crippen LogP contribution is 2.27. The van der Waals surface area contributed by atoms with Crippen molar-refractivity contribution >= 4 is 6.08 Å². The first kappa shape index (κ1) is 16.9. The summed E-state index contributed by atoms with van der Waals surface area (Å²) >= 11 is 0. The maximum absolute atomic E-state index is 12.9. The monoisotopic (exact) mass is 329 g/mol. The highest BCUT2D eigenvalue weighted by molar-refractivity contribution is 5.48. The van der Waals surface area contributed by atoms with Crippen LogP contribution < -0.4 is 0 Å². The summed E-state index contributed by atoms with van der Waals surface area (Å²) in [4.78, 5) is 2.43. The van der Waals surface area contributed by atoms with Gasteiger partial charge in [-0.15, -0.1) is 0 Å². The third kappa shape index (κ3) is 4.30. The van der Waals surface area contributed by atoms with Crippen LogP contribution in [0.5, 0.6) is 0 Å². The molecule has 4 nitrogen and oxygen atoms in total. The van der Waals surface area contributed by atoms with E-state index in [1.807, 2.05) is 17.0 Å². The summed E-state index contributed by atoms with van der Waals surface area (Å²) in [6.45, 7) is 3.73. The maximum Gasteiger partial charge on any atom is 0.123 e. The molecule has 0 amide bonds. The lowest BCUT2D eigenvalue weighted by atomic mass is 9.93. The fourth-order valence-electron chi connectivity index (χ4n) is 3.29. The van der Waals surface area contributed by atoms with Crippen LogP contribution in [0.1, 0.15) is 30.0 Å². The van der Waals surface area contributed by atoms with Crippen molar-refractivity contribution in [3.63, 3.8) is 0 Å². The molecule has 0 saturated carbocycles. The van der Waals surface area contributed by atoms with E-state index in [2.05, 4.69) is 22.1 Å². The zero-order valence-electron chi connectivity index (χ0n) is 13.8. The van der Waals surface area contributed by atoms with Crippen molar-refractivity contribution in [2.45, 2.75) is 25.3 Å². The Morgan fingerprint density at radius 3 is 2.62 bits per heavy atom. The van der Waals surface area contributed by atoms with E-state index in [1.54, 1.807) is 12.1 Å². The Morgan fingerprint density at radius 2 is 1.92 bits per heavy atom. The van der Waals surface area contributed by atoms with Crippen LogP contribution >= 0.6 is 0 Å². The second kappa shape index (κ2) is 8.22. The summed E-state index contributed by atoms with van der Waals surface area (Å²) in [5, 5.41) is 13.4. The molecule has 0 bridgehead atoms. The zero-order valence-corrected chi connectivity index (χ0v) is 13.8. The minimum absolute atomic E-state index is 0.127. The van der Waals surface area contributed by atoms with Gasteiger partial charge in [-0.2, -0.15) is 5.10 Å². The van der Waals surface area contributed by atoms with Gasteiger partial charge in [0.1, 0.15) is 5.82 Å². The van der Waals surface area contributed by atoms with Crippen LogP contribution in [0.25, 0.3) is 6.08 Å². The Balaban J connectivity index is 1.48. The van der Waals surface area contributed by atoms with Gasteiger partial charge in [-0.3, -0.25) is 9.58 Å². The van der Waals surface area contributed by atoms with Gasteiger partial charge in [0, 0.05) is 24.4 Å². The highest BCUT2D eigenvalue weighted by Gasteiger charge is 2.22. The van der Waals surface area contributed by atoms with Crippen LogP contribution in [0.15, 0.2) is 42.6 Å². The van der Waals surface area contributed by atoms with E-state index in [0.717, 1.165) is 38.0 Å². The van der Waals surface area contributed by atoms with Crippen molar-refractivity contribution in [1.82, 2.24) is 14.7 Å². The van der Waals surface area contributed by atoms with Gasteiger partial charge in [0.15, 0.2) is 0 Å². The van der Waals surface area contributed by atoms with Gasteiger partial charge in [-0.25, -0.2) is 4.39 Å². The SMILES string of the molecule is OCCn1nccc1C1CCN(CC=Cc2ccc(F)cc2)CC1. The van der Waals surface area contributed by atoms with E-state index in [-0.39, 0.29) is 12.4 Å². The molecule has 24 heavy (non-hydrogen) atoms. The van der Waals surface area contributed by atoms with Gasteiger partial charge >= 0.3 is 0 Å². The molecule has 1 aliphatic heterocycles. The lowest BCUT2D eigenvalue weighted by Gasteiger charge is -2.31. The third-order valence-corrected chi connectivity index (χ3v) is 4.61.